The molecule has 1 fully saturated rings. The predicted molar refractivity (Wildman–Crippen MR) is 91.5 cm³/mol. The second kappa shape index (κ2) is 6.91. The number of rotatable bonds is 3. The summed E-state index contributed by atoms with van der Waals surface area (Å²) >= 11 is 1.65. The number of ether oxygens (including phenoxy) is 1. The Bertz CT molecular complexity index is 577. The van der Waals surface area contributed by atoms with E-state index in [2.05, 4.69) is 6.07 Å². The molecule has 1 aromatic rings. The van der Waals surface area contributed by atoms with Gasteiger partial charge >= 0.3 is 6.09 Å². The van der Waals surface area contributed by atoms with Crippen molar-refractivity contribution in [2.75, 3.05) is 13.6 Å². The van der Waals surface area contributed by atoms with Crippen molar-refractivity contribution in [1.29, 1.82) is 0 Å². The molecule has 2 amide bonds. The van der Waals surface area contributed by atoms with Crippen LogP contribution >= 0.6 is 11.3 Å². The molecule has 1 atom stereocenters. The van der Waals surface area contributed by atoms with Gasteiger partial charge in [0.15, 0.2) is 0 Å². The van der Waals surface area contributed by atoms with E-state index in [1.165, 1.54) is 10.4 Å². The van der Waals surface area contributed by atoms with Crippen molar-refractivity contribution in [3.8, 4) is 0 Å². The SMILES string of the molecule is Cc1ccsc1CN(C)C(=O)C1CCCN1C(=O)OC(C)(C)C. The van der Waals surface area contributed by atoms with E-state index in [0.29, 0.717) is 19.5 Å². The Labute approximate surface area is 142 Å². The molecule has 0 spiro atoms. The van der Waals surface area contributed by atoms with Crippen molar-refractivity contribution < 1.29 is 14.3 Å². The monoisotopic (exact) mass is 338 g/mol. The van der Waals surface area contributed by atoms with E-state index in [1.807, 2.05) is 33.1 Å². The summed E-state index contributed by atoms with van der Waals surface area (Å²) in [5, 5.41) is 2.03. The first-order valence-corrected chi connectivity index (χ1v) is 8.84. The highest BCUT2D eigenvalue weighted by Gasteiger charge is 2.37. The van der Waals surface area contributed by atoms with Gasteiger partial charge in [0.2, 0.25) is 5.91 Å². The van der Waals surface area contributed by atoms with Gasteiger partial charge in [0, 0.05) is 18.5 Å². The van der Waals surface area contributed by atoms with Crippen LogP contribution < -0.4 is 0 Å². The van der Waals surface area contributed by atoms with E-state index >= 15 is 0 Å². The minimum Gasteiger partial charge on any atom is -0.444 e. The van der Waals surface area contributed by atoms with Crippen LogP contribution in [0.2, 0.25) is 0 Å². The van der Waals surface area contributed by atoms with Gasteiger partial charge in [-0.15, -0.1) is 11.3 Å². The molecule has 1 unspecified atom stereocenters. The first-order valence-electron chi connectivity index (χ1n) is 7.96. The van der Waals surface area contributed by atoms with Gasteiger partial charge in [-0.1, -0.05) is 0 Å². The third kappa shape index (κ3) is 4.47. The van der Waals surface area contributed by atoms with Gasteiger partial charge < -0.3 is 9.64 Å². The summed E-state index contributed by atoms with van der Waals surface area (Å²) in [5.41, 5.74) is 0.651. The molecule has 1 aliphatic heterocycles. The zero-order valence-electron chi connectivity index (χ0n) is 14.6. The van der Waals surface area contributed by atoms with E-state index in [1.54, 1.807) is 28.2 Å². The van der Waals surface area contributed by atoms with Crippen molar-refractivity contribution in [3.63, 3.8) is 0 Å². The summed E-state index contributed by atoms with van der Waals surface area (Å²) in [6, 6.07) is 1.65. The minimum atomic E-state index is -0.548. The Hall–Kier alpha value is -1.56. The summed E-state index contributed by atoms with van der Waals surface area (Å²) in [6.45, 7) is 8.72. The highest BCUT2D eigenvalue weighted by Crippen LogP contribution is 2.24. The lowest BCUT2D eigenvalue weighted by molar-refractivity contribution is -0.135. The number of amides is 2. The summed E-state index contributed by atoms with van der Waals surface area (Å²) in [7, 11) is 1.80. The average Bonchev–Trinajstić information content (AvgIpc) is 3.05. The third-order valence-corrected chi connectivity index (χ3v) is 4.90. The fourth-order valence-electron chi connectivity index (χ4n) is 2.68. The number of aryl methyl sites for hydroxylation is 1. The lowest BCUT2D eigenvalue weighted by Gasteiger charge is -2.30. The van der Waals surface area contributed by atoms with Gasteiger partial charge in [0.05, 0.1) is 6.54 Å². The van der Waals surface area contributed by atoms with E-state index in [4.69, 9.17) is 4.74 Å². The zero-order valence-corrected chi connectivity index (χ0v) is 15.4. The third-order valence-electron chi connectivity index (χ3n) is 3.89. The fraction of sp³-hybridized carbons (Fsp3) is 0.647. The molecule has 5 nitrogen and oxygen atoms in total. The van der Waals surface area contributed by atoms with E-state index < -0.39 is 17.7 Å². The lowest BCUT2D eigenvalue weighted by atomic mass is 10.2. The van der Waals surface area contributed by atoms with Crippen LogP contribution in [0.3, 0.4) is 0 Å². The van der Waals surface area contributed by atoms with Crippen LogP contribution in [0.1, 0.15) is 44.1 Å². The molecule has 0 aromatic carbocycles. The predicted octanol–water partition coefficient (Wildman–Crippen LogP) is 3.41. The number of hydrogen-bond donors (Lipinski definition) is 0. The first-order chi connectivity index (χ1) is 10.7. The molecule has 0 saturated carbocycles. The van der Waals surface area contributed by atoms with E-state index in [-0.39, 0.29) is 5.91 Å². The summed E-state index contributed by atoms with van der Waals surface area (Å²) in [6.07, 6.45) is 1.14. The Morgan fingerprint density at radius 3 is 2.70 bits per heavy atom. The lowest BCUT2D eigenvalue weighted by Crippen LogP contribution is -2.47. The van der Waals surface area contributed by atoms with Crippen molar-refractivity contribution in [2.45, 2.75) is 58.7 Å². The molecular weight excluding hydrogens is 312 g/mol. The van der Waals surface area contributed by atoms with Crippen molar-refractivity contribution in [3.05, 3.63) is 21.9 Å². The highest BCUT2D eigenvalue weighted by atomic mass is 32.1. The van der Waals surface area contributed by atoms with Crippen LogP contribution in [-0.2, 0) is 16.1 Å². The Balaban J connectivity index is 2.02. The molecule has 1 aromatic heterocycles. The van der Waals surface area contributed by atoms with Gasteiger partial charge in [0.1, 0.15) is 11.6 Å². The maximum Gasteiger partial charge on any atom is 0.410 e. The zero-order chi connectivity index (χ0) is 17.2. The first kappa shape index (κ1) is 17.8. The molecule has 2 rings (SSSR count). The van der Waals surface area contributed by atoms with Gasteiger partial charge in [-0.25, -0.2) is 4.79 Å². The number of nitrogens with zero attached hydrogens (tertiary/aromatic N) is 2. The van der Waals surface area contributed by atoms with Gasteiger partial charge in [-0.3, -0.25) is 9.69 Å². The van der Waals surface area contributed by atoms with Gasteiger partial charge in [0.25, 0.3) is 0 Å². The number of carbonyl (C=O) groups is 2. The minimum absolute atomic E-state index is 0.0128. The van der Waals surface area contributed by atoms with Crippen LogP contribution in [0.25, 0.3) is 0 Å². The molecule has 0 aliphatic carbocycles. The van der Waals surface area contributed by atoms with Crippen LogP contribution in [0.4, 0.5) is 4.79 Å². The second-order valence-corrected chi connectivity index (χ2v) is 8.05. The highest BCUT2D eigenvalue weighted by molar-refractivity contribution is 7.10. The van der Waals surface area contributed by atoms with Crippen LogP contribution in [0.15, 0.2) is 11.4 Å². The number of likely N-dealkylation sites (N-methyl/N-ethyl adjacent to an activating group) is 1. The number of likely N-dealkylation sites (tertiary alicyclic amines) is 1. The topological polar surface area (TPSA) is 49.9 Å². The molecule has 0 N–H and O–H groups in total. The normalized spacial score (nSPS) is 18.1. The molecule has 0 bridgehead atoms. The Morgan fingerprint density at radius 1 is 1.43 bits per heavy atom. The molecule has 0 radical (unpaired) electrons. The van der Waals surface area contributed by atoms with E-state index in [0.717, 1.165) is 6.42 Å². The number of carbonyl (C=O) groups excluding carboxylic acids is 2. The van der Waals surface area contributed by atoms with Crippen LogP contribution in [0.5, 0.6) is 0 Å². The maximum absolute atomic E-state index is 12.7. The summed E-state index contributed by atoms with van der Waals surface area (Å²) < 4.78 is 5.43. The van der Waals surface area contributed by atoms with Crippen molar-refractivity contribution in [2.24, 2.45) is 0 Å². The molecular formula is C17H26N2O3S. The molecule has 128 valence electrons. The van der Waals surface area contributed by atoms with Gasteiger partial charge in [-0.05, 0) is 57.5 Å². The van der Waals surface area contributed by atoms with E-state index in [9.17, 15) is 9.59 Å². The van der Waals surface area contributed by atoms with Crippen molar-refractivity contribution >= 4 is 23.3 Å². The molecule has 23 heavy (non-hydrogen) atoms. The Morgan fingerprint density at radius 2 is 2.13 bits per heavy atom. The number of thiophene rings is 1. The van der Waals surface area contributed by atoms with Crippen LogP contribution in [-0.4, -0.2) is 47.0 Å². The smallest absolute Gasteiger partial charge is 0.410 e. The Kier molecular flexibility index (Phi) is 5.34. The standard InChI is InChI=1S/C17H26N2O3S/c1-12-8-10-23-14(12)11-18(5)15(20)13-7-6-9-19(13)16(21)22-17(2,3)4/h8,10,13H,6-7,9,11H2,1-5H3. The molecule has 2 heterocycles. The van der Waals surface area contributed by atoms with Crippen molar-refractivity contribution in [1.82, 2.24) is 9.80 Å². The van der Waals surface area contributed by atoms with Gasteiger partial charge in [-0.2, -0.15) is 0 Å². The quantitative estimate of drug-likeness (QED) is 0.848. The summed E-state index contributed by atoms with van der Waals surface area (Å²) in [4.78, 5) is 29.5. The van der Waals surface area contributed by atoms with Crippen LogP contribution in [0, 0.1) is 6.92 Å². The average molecular weight is 338 g/mol. The maximum atomic E-state index is 12.7. The second-order valence-electron chi connectivity index (χ2n) is 7.05. The fourth-order valence-corrected chi connectivity index (χ4v) is 3.63. The summed E-state index contributed by atoms with van der Waals surface area (Å²) in [5.74, 6) is -0.0128. The number of hydrogen-bond acceptors (Lipinski definition) is 4. The molecule has 1 saturated heterocycles. The molecule has 6 heteroatoms. The molecule has 1 aliphatic rings. The largest absolute Gasteiger partial charge is 0.444 e.